The van der Waals surface area contributed by atoms with Gasteiger partial charge in [-0.2, -0.15) is 0 Å². The third-order valence-corrected chi connectivity index (χ3v) is 3.03. The minimum Gasteiger partial charge on any atom is -0.494 e. The molecule has 1 aromatic carbocycles. The Morgan fingerprint density at radius 2 is 2.06 bits per heavy atom. The van der Waals surface area contributed by atoms with Crippen LogP contribution < -0.4 is 15.8 Å². The lowest BCUT2D eigenvalue weighted by Gasteiger charge is -2.23. The fourth-order valence-corrected chi connectivity index (χ4v) is 2.05. The quantitative estimate of drug-likeness (QED) is 0.765. The number of nitrogens with two attached hydrogens (primary N) is 1. The zero-order chi connectivity index (χ0) is 11.2. The molecule has 0 radical (unpaired) electrons. The SMILES string of the molecule is Nc1ccc(OCCC2CCCCN2)cc1. The second-order valence-corrected chi connectivity index (χ2v) is 4.35. The third kappa shape index (κ3) is 3.42. The van der Waals surface area contributed by atoms with E-state index in [-0.39, 0.29) is 0 Å². The van der Waals surface area contributed by atoms with E-state index in [4.69, 9.17) is 10.5 Å². The molecule has 0 bridgehead atoms. The Labute approximate surface area is 97.0 Å². The van der Waals surface area contributed by atoms with E-state index in [1.807, 2.05) is 24.3 Å². The number of anilines is 1. The van der Waals surface area contributed by atoms with Crippen molar-refractivity contribution in [3.05, 3.63) is 24.3 Å². The van der Waals surface area contributed by atoms with Crippen molar-refractivity contribution in [1.29, 1.82) is 0 Å². The molecule has 2 rings (SSSR count). The van der Waals surface area contributed by atoms with Gasteiger partial charge >= 0.3 is 0 Å². The van der Waals surface area contributed by atoms with Crippen LogP contribution in [0.3, 0.4) is 0 Å². The average molecular weight is 220 g/mol. The van der Waals surface area contributed by atoms with Crippen molar-refractivity contribution in [3.8, 4) is 5.75 Å². The van der Waals surface area contributed by atoms with Gasteiger partial charge in [-0.3, -0.25) is 0 Å². The fraction of sp³-hybridized carbons (Fsp3) is 0.538. The van der Waals surface area contributed by atoms with E-state index in [1.54, 1.807) is 0 Å². The number of piperidine rings is 1. The first-order chi connectivity index (χ1) is 7.84. The summed E-state index contributed by atoms with van der Waals surface area (Å²) in [6, 6.07) is 8.22. The summed E-state index contributed by atoms with van der Waals surface area (Å²) in [6.45, 7) is 1.94. The summed E-state index contributed by atoms with van der Waals surface area (Å²) in [6.07, 6.45) is 5.03. The lowest BCUT2D eigenvalue weighted by atomic mass is 10.0. The second kappa shape index (κ2) is 5.75. The molecule has 1 aliphatic heterocycles. The minimum atomic E-state index is 0.641. The molecule has 0 aromatic heterocycles. The number of hydrogen-bond acceptors (Lipinski definition) is 3. The molecule has 0 spiro atoms. The van der Waals surface area contributed by atoms with Crippen LogP contribution >= 0.6 is 0 Å². The first-order valence-electron chi connectivity index (χ1n) is 6.06. The van der Waals surface area contributed by atoms with Crippen LogP contribution in [0.4, 0.5) is 5.69 Å². The van der Waals surface area contributed by atoms with Crippen LogP contribution in [0.2, 0.25) is 0 Å². The van der Waals surface area contributed by atoms with E-state index in [0.29, 0.717) is 6.04 Å². The minimum absolute atomic E-state index is 0.641. The molecule has 1 aromatic rings. The van der Waals surface area contributed by atoms with Crippen molar-refractivity contribution in [3.63, 3.8) is 0 Å². The number of ether oxygens (including phenoxy) is 1. The van der Waals surface area contributed by atoms with Crippen molar-refractivity contribution >= 4 is 5.69 Å². The van der Waals surface area contributed by atoms with Crippen LogP contribution in [-0.2, 0) is 0 Å². The maximum atomic E-state index is 5.67. The van der Waals surface area contributed by atoms with Gasteiger partial charge in [0.2, 0.25) is 0 Å². The molecule has 1 heterocycles. The molecule has 1 saturated heterocycles. The summed E-state index contributed by atoms with van der Waals surface area (Å²) in [7, 11) is 0. The highest BCUT2D eigenvalue weighted by Crippen LogP contribution is 2.15. The third-order valence-electron chi connectivity index (χ3n) is 3.03. The van der Waals surface area contributed by atoms with Gasteiger partial charge < -0.3 is 15.8 Å². The van der Waals surface area contributed by atoms with Gasteiger partial charge in [0, 0.05) is 11.7 Å². The van der Waals surface area contributed by atoms with Crippen LogP contribution in [0.25, 0.3) is 0 Å². The zero-order valence-corrected chi connectivity index (χ0v) is 9.61. The Kier molecular flexibility index (Phi) is 4.05. The molecule has 1 atom stereocenters. The number of hydrogen-bond donors (Lipinski definition) is 2. The maximum absolute atomic E-state index is 5.67. The fourth-order valence-electron chi connectivity index (χ4n) is 2.05. The van der Waals surface area contributed by atoms with Crippen LogP contribution in [0, 0.1) is 0 Å². The van der Waals surface area contributed by atoms with Gasteiger partial charge in [-0.25, -0.2) is 0 Å². The van der Waals surface area contributed by atoms with Gasteiger partial charge in [-0.15, -0.1) is 0 Å². The predicted molar refractivity (Wildman–Crippen MR) is 66.6 cm³/mol. The largest absolute Gasteiger partial charge is 0.494 e. The number of benzene rings is 1. The van der Waals surface area contributed by atoms with Gasteiger partial charge in [-0.1, -0.05) is 6.42 Å². The summed E-state index contributed by atoms with van der Waals surface area (Å²) < 4.78 is 5.67. The normalized spacial score (nSPS) is 20.6. The molecule has 16 heavy (non-hydrogen) atoms. The van der Waals surface area contributed by atoms with Crippen LogP contribution in [0.1, 0.15) is 25.7 Å². The molecule has 3 N–H and O–H groups in total. The Morgan fingerprint density at radius 3 is 2.75 bits per heavy atom. The first-order valence-corrected chi connectivity index (χ1v) is 6.06. The number of nitrogens with one attached hydrogen (secondary N) is 1. The summed E-state index contributed by atoms with van der Waals surface area (Å²) in [5.41, 5.74) is 6.39. The number of rotatable bonds is 4. The molecule has 3 nitrogen and oxygen atoms in total. The van der Waals surface area contributed by atoms with Crippen molar-refractivity contribution in [2.24, 2.45) is 0 Å². The summed E-state index contributed by atoms with van der Waals surface area (Å²) >= 11 is 0. The topological polar surface area (TPSA) is 47.3 Å². The second-order valence-electron chi connectivity index (χ2n) is 4.35. The van der Waals surface area contributed by atoms with E-state index >= 15 is 0 Å². The van der Waals surface area contributed by atoms with Gasteiger partial charge in [0.25, 0.3) is 0 Å². The molecular formula is C13H20N2O. The molecular weight excluding hydrogens is 200 g/mol. The maximum Gasteiger partial charge on any atom is 0.119 e. The lowest BCUT2D eigenvalue weighted by Crippen LogP contribution is -2.35. The number of nitrogen functional groups attached to an aromatic ring is 1. The van der Waals surface area contributed by atoms with Gasteiger partial charge in [0.1, 0.15) is 5.75 Å². The molecule has 0 amide bonds. The van der Waals surface area contributed by atoms with Gasteiger partial charge in [-0.05, 0) is 50.1 Å². The van der Waals surface area contributed by atoms with Crippen LogP contribution in [0.15, 0.2) is 24.3 Å². The Balaban J connectivity index is 1.69. The Bertz CT molecular complexity index is 304. The van der Waals surface area contributed by atoms with Crippen molar-refractivity contribution in [1.82, 2.24) is 5.32 Å². The Hall–Kier alpha value is -1.22. The molecule has 3 heteroatoms. The van der Waals surface area contributed by atoms with Crippen LogP contribution in [0.5, 0.6) is 5.75 Å². The molecule has 0 saturated carbocycles. The summed E-state index contributed by atoms with van der Waals surface area (Å²) in [5, 5.41) is 3.51. The smallest absolute Gasteiger partial charge is 0.119 e. The highest BCUT2D eigenvalue weighted by atomic mass is 16.5. The van der Waals surface area contributed by atoms with Crippen molar-refractivity contribution in [2.75, 3.05) is 18.9 Å². The summed E-state index contributed by atoms with van der Waals surface area (Å²) in [4.78, 5) is 0. The molecule has 88 valence electrons. The monoisotopic (exact) mass is 220 g/mol. The van der Waals surface area contributed by atoms with Crippen molar-refractivity contribution in [2.45, 2.75) is 31.7 Å². The Morgan fingerprint density at radius 1 is 1.25 bits per heavy atom. The highest BCUT2D eigenvalue weighted by molar-refractivity contribution is 5.41. The molecule has 1 aliphatic rings. The summed E-state index contributed by atoms with van der Waals surface area (Å²) in [5.74, 6) is 0.907. The lowest BCUT2D eigenvalue weighted by molar-refractivity contribution is 0.268. The molecule has 0 aliphatic carbocycles. The standard InChI is InChI=1S/C13H20N2O/c14-11-4-6-13(7-5-11)16-10-8-12-3-1-2-9-15-12/h4-7,12,15H,1-3,8-10,14H2. The van der Waals surface area contributed by atoms with E-state index < -0.39 is 0 Å². The molecule has 1 unspecified atom stereocenters. The van der Waals surface area contributed by atoms with Gasteiger partial charge in [0.05, 0.1) is 6.61 Å². The van der Waals surface area contributed by atoms with E-state index in [1.165, 1.54) is 19.3 Å². The molecule has 1 fully saturated rings. The predicted octanol–water partition coefficient (Wildman–Crippen LogP) is 2.18. The van der Waals surface area contributed by atoms with Crippen molar-refractivity contribution < 1.29 is 4.74 Å². The first kappa shape index (κ1) is 11.3. The van der Waals surface area contributed by atoms with Crippen LogP contribution in [-0.4, -0.2) is 19.2 Å². The van der Waals surface area contributed by atoms with Gasteiger partial charge in [0.15, 0.2) is 0 Å². The highest BCUT2D eigenvalue weighted by Gasteiger charge is 2.11. The van der Waals surface area contributed by atoms with E-state index in [9.17, 15) is 0 Å². The van der Waals surface area contributed by atoms with E-state index in [2.05, 4.69) is 5.32 Å². The van der Waals surface area contributed by atoms with E-state index in [0.717, 1.165) is 31.0 Å². The average Bonchev–Trinajstić information content (AvgIpc) is 2.33. The zero-order valence-electron chi connectivity index (χ0n) is 9.61.